The molecule has 1 aromatic rings. The molecular formula is C8H5Cl2F3O. The SMILES string of the molecule is Cc1cc(OC(F)(F)F)cc(Cl)c1Cl. The van der Waals surface area contributed by atoms with Crippen LogP contribution in [0.25, 0.3) is 0 Å². The number of aryl methyl sites for hydroxylation is 1. The maximum absolute atomic E-state index is 11.8. The summed E-state index contributed by atoms with van der Waals surface area (Å²) < 4.78 is 39.1. The normalized spacial score (nSPS) is 11.6. The number of hydrogen-bond donors (Lipinski definition) is 0. The number of benzene rings is 1. The third-order valence-electron chi connectivity index (χ3n) is 1.42. The van der Waals surface area contributed by atoms with Gasteiger partial charge in [-0.05, 0) is 18.6 Å². The van der Waals surface area contributed by atoms with E-state index >= 15 is 0 Å². The fraction of sp³-hybridized carbons (Fsp3) is 0.250. The molecule has 0 atom stereocenters. The van der Waals surface area contributed by atoms with Crippen LogP contribution in [-0.4, -0.2) is 6.36 Å². The van der Waals surface area contributed by atoms with Crippen molar-refractivity contribution in [2.24, 2.45) is 0 Å². The van der Waals surface area contributed by atoms with E-state index in [4.69, 9.17) is 23.2 Å². The van der Waals surface area contributed by atoms with Crippen LogP contribution in [0.5, 0.6) is 5.75 Å². The van der Waals surface area contributed by atoms with Gasteiger partial charge in [0, 0.05) is 6.07 Å². The molecule has 0 aliphatic rings. The van der Waals surface area contributed by atoms with Crippen molar-refractivity contribution in [1.29, 1.82) is 0 Å². The van der Waals surface area contributed by atoms with Gasteiger partial charge < -0.3 is 4.74 Å². The summed E-state index contributed by atoms with van der Waals surface area (Å²) in [7, 11) is 0. The minimum Gasteiger partial charge on any atom is -0.406 e. The maximum Gasteiger partial charge on any atom is 0.573 e. The molecule has 1 nitrogen and oxygen atoms in total. The molecule has 0 unspecified atom stereocenters. The van der Waals surface area contributed by atoms with Gasteiger partial charge in [0.15, 0.2) is 0 Å². The van der Waals surface area contributed by atoms with E-state index in [1.165, 1.54) is 13.0 Å². The number of rotatable bonds is 1. The Morgan fingerprint density at radius 3 is 2.21 bits per heavy atom. The fourth-order valence-corrected chi connectivity index (χ4v) is 1.25. The molecule has 0 radical (unpaired) electrons. The highest BCUT2D eigenvalue weighted by Crippen LogP contribution is 2.32. The zero-order valence-corrected chi connectivity index (χ0v) is 8.46. The Hall–Kier alpha value is -0.610. The van der Waals surface area contributed by atoms with Gasteiger partial charge in [-0.1, -0.05) is 23.2 Å². The van der Waals surface area contributed by atoms with Crippen molar-refractivity contribution >= 4 is 23.2 Å². The van der Waals surface area contributed by atoms with Gasteiger partial charge in [-0.2, -0.15) is 0 Å². The number of ether oxygens (including phenoxy) is 1. The average molecular weight is 245 g/mol. The molecule has 0 bridgehead atoms. The zero-order valence-electron chi connectivity index (χ0n) is 6.95. The highest BCUT2D eigenvalue weighted by Gasteiger charge is 2.31. The van der Waals surface area contributed by atoms with Crippen molar-refractivity contribution in [3.63, 3.8) is 0 Å². The largest absolute Gasteiger partial charge is 0.573 e. The molecule has 0 aromatic heterocycles. The minimum atomic E-state index is -4.72. The summed E-state index contributed by atoms with van der Waals surface area (Å²) in [5.41, 5.74) is 0.429. The van der Waals surface area contributed by atoms with Crippen molar-refractivity contribution in [2.45, 2.75) is 13.3 Å². The van der Waals surface area contributed by atoms with Crippen LogP contribution < -0.4 is 4.74 Å². The lowest BCUT2D eigenvalue weighted by molar-refractivity contribution is -0.274. The van der Waals surface area contributed by atoms with Crippen LogP contribution in [0.1, 0.15) is 5.56 Å². The quantitative estimate of drug-likeness (QED) is 0.720. The molecule has 0 heterocycles. The van der Waals surface area contributed by atoms with Crippen molar-refractivity contribution in [3.05, 3.63) is 27.7 Å². The molecule has 1 rings (SSSR count). The van der Waals surface area contributed by atoms with Gasteiger partial charge in [-0.15, -0.1) is 13.2 Å². The summed E-state index contributed by atoms with van der Waals surface area (Å²) in [6.07, 6.45) is -4.72. The van der Waals surface area contributed by atoms with Crippen LogP contribution in [-0.2, 0) is 0 Å². The maximum atomic E-state index is 11.8. The van der Waals surface area contributed by atoms with Crippen LogP contribution in [0.4, 0.5) is 13.2 Å². The summed E-state index contributed by atoms with van der Waals surface area (Å²) in [6.45, 7) is 1.54. The predicted molar refractivity (Wildman–Crippen MR) is 47.9 cm³/mol. The molecule has 0 aliphatic heterocycles. The molecule has 0 N–H and O–H groups in total. The molecule has 14 heavy (non-hydrogen) atoms. The van der Waals surface area contributed by atoms with Gasteiger partial charge >= 0.3 is 6.36 Å². The van der Waals surface area contributed by atoms with E-state index < -0.39 is 6.36 Å². The van der Waals surface area contributed by atoms with Crippen LogP contribution in [0.3, 0.4) is 0 Å². The van der Waals surface area contributed by atoms with E-state index in [9.17, 15) is 13.2 Å². The van der Waals surface area contributed by atoms with E-state index in [1.54, 1.807) is 0 Å². The fourth-order valence-electron chi connectivity index (χ4n) is 0.888. The van der Waals surface area contributed by atoms with Crippen LogP contribution in [0.2, 0.25) is 10.0 Å². The van der Waals surface area contributed by atoms with Gasteiger partial charge in [-0.25, -0.2) is 0 Å². The Kier molecular flexibility index (Phi) is 3.17. The van der Waals surface area contributed by atoms with Gasteiger partial charge in [0.25, 0.3) is 0 Å². The Morgan fingerprint density at radius 1 is 1.21 bits per heavy atom. The van der Waals surface area contributed by atoms with Crippen molar-refractivity contribution < 1.29 is 17.9 Å². The van der Waals surface area contributed by atoms with E-state index in [2.05, 4.69) is 4.74 Å². The molecule has 0 amide bonds. The third-order valence-corrected chi connectivity index (χ3v) is 2.31. The smallest absolute Gasteiger partial charge is 0.406 e. The predicted octanol–water partition coefficient (Wildman–Crippen LogP) is 4.20. The van der Waals surface area contributed by atoms with E-state index in [0.29, 0.717) is 5.56 Å². The van der Waals surface area contributed by atoms with Gasteiger partial charge in [0.1, 0.15) is 5.75 Å². The lowest BCUT2D eigenvalue weighted by Crippen LogP contribution is -2.17. The Labute approximate surface area is 88.4 Å². The summed E-state index contributed by atoms with van der Waals surface area (Å²) in [4.78, 5) is 0. The average Bonchev–Trinajstić information content (AvgIpc) is 1.96. The van der Waals surface area contributed by atoms with Crippen molar-refractivity contribution in [1.82, 2.24) is 0 Å². The summed E-state index contributed by atoms with van der Waals surface area (Å²) in [5, 5.41) is 0.257. The number of hydrogen-bond acceptors (Lipinski definition) is 1. The lowest BCUT2D eigenvalue weighted by atomic mass is 10.2. The van der Waals surface area contributed by atoms with Crippen LogP contribution >= 0.6 is 23.2 Å². The summed E-state index contributed by atoms with van der Waals surface area (Å²) >= 11 is 11.2. The minimum absolute atomic E-state index is 0.0333. The van der Waals surface area contributed by atoms with Gasteiger partial charge in [0.05, 0.1) is 10.0 Å². The number of alkyl halides is 3. The molecule has 6 heteroatoms. The van der Waals surface area contributed by atoms with E-state index in [0.717, 1.165) is 6.07 Å². The van der Waals surface area contributed by atoms with Crippen molar-refractivity contribution in [2.75, 3.05) is 0 Å². The first-order valence-corrected chi connectivity index (χ1v) is 4.26. The second-order valence-corrected chi connectivity index (χ2v) is 3.37. The van der Waals surface area contributed by atoms with Crippen molar-refractivity contribution in [3.8, 4) is 5.75 Å². The topological polar surface area (TPSA) is 9.23 Å². The molecule has 1 aromatic carbocycles. The molecular weight excluding hydrogens is 240 g/mol. The van der Waals surface area contributed by atoms with Gasteiger partial charge in [0.2, 0.25) is 0 Å². The van der Waals surface area contributed by atoms with E-state index in [-0.39, 0.29) is 15.8 Å². The first-order chi connectivity index (χ1) is 6.29. The molecule has 0 spiro atoms. The lowest BCUT2D eigenvalue weighted by Gasteiger charge is -2.10. The highest BCUT2D eigenvalue weighted by molar-refractivity contribution is 6.42. The van der Waals surface area contributed by atoms with Crippen LogP contribution in [0.15, 0.2) is 12.1 Å². The third kappa shape index (κ3) is 2.96. The number of halogens is 5. The molecule has 0 fully saturated rings. The molecule has 78 valence electrons. The Bertz CT molecular complexity index is 326. The summed E-state index contributed by atoms with van der Waals surface area (Å²) in [5.74, 6) is -0.371. The first-order valence-electron chi connectivity index (χ1n) is 3.51. The van der Waals surface area contributed by atoms with Gasteiger partial charge in [-0.3, -0.25) is 0 Å². The Balaban J connectivity index is 3.02. The monoisotopic (exact) mass is 244 g/mol. The highest BCUT2D eigenvalue weighted by atomic mass is 35.5. The van der Waals surface area contributed by atoms with Crippen LogP contribution in [0, 0.1) is 6.92 Å². The summed E-state index contributed by atoms with van der Waals surface area (Å²) in [6, 6.07) is 2.19. The second kappa shape index (κ2) is 3.87. The second-order valence-electron chi connectivity index (χ2n) is 2.58. The molecule has 0 saturated carbocycles. The zero-order chi connectivity index (χ0) is 10.9. The molecule has 0 aliphatic carbocycles. The van der Waals surface area contributed by atoms with E-state index in [1.807, 2.05) is 0 Å². The Morgan fingerprint density at radius 2 is 1.79 bits per heavy atom. The standard InChI is InChI=1S/C8H5Cl2F3O/c1-4-2-5(14-8(11,12)13)3-6(9)7(4)10/h2-3H,1H3. The molecule has 0 saturated heterocycles. The first kappa shape index (κ1) is 11.5.